The molecule has 0 aromatic heterocycles. The lowest BCUT2D eigenvalue weighted by Gasteiger charge is -2.22. The van der Waals surface area contributed by atoms with Gasteiger partial charge < -0.3 is 15.6 Å². The van der Waals surface area contributed by atoms with Crippen molar-refractivity contribution in [3.63, 3.8) is 0 Å². The Morgan fingerprint density at radius 2 is 2.32 bits per heavy atom. The zero-order valence-corrected chi connectivity index (χ0v) is 11.6. The van der Waals surface area contributed by atoms with Crippen LogP contribution in [0.15, 0.2) is 18.2 Å². The van der Waals surface area contributed by atoms with Crippen LogP contribution in [0.3, 0.4) is 0 Å². The maximum atomic E-state index is 9.75. The predicted octanol–water partition coefficient (Wildman–Crippen LogP) is 1.15. The number of fused-ring (bicyclic) bond motifs is 1. The molecule has 0 bridgehead atoms. The fourth-order valence-corrected chi connectivity index (χ4v) is 2.53. The van der Waals surface area contributed by atoms with Gasteiger partial charge in [0.2, 0.25) is 0 Å². The highest BCUT2D eigenvalue weighted by molar-refractivity contribution is 5.38. The van der Waals surface area contributed by atoms with Gasteiger partial charge in [0.15, 0.2) is 0 Å². The average Bonchev–Trinajstić information content (AvgIpc) is 2.38. The van der Waals surface area contributed by atoms with Gasteiger partial charge in [-0.15, -0.1) is 0 Å². The van der Waals surface area contributed by atoms with E-state index in [1.807, 2.05) is 7.05 Å². The highest BCUT2D eigenvalue weighted by Crippen LogP contribution is 2.25. The summed E-state index contributed by atoms with van der Waals surface area (Å²) in [6.07, 6.45) is 2.52. The van der Waals surface area contributed by atoms with E-state index in [0.717, 1.165) is 31.7 Å². The quantitative estimate of drug-likeness (QED) is 0.809. The normalized spacial score (nSPS) is 16.0. The third kappa shape index (κ3) is 4.20. The summed E-state index contributed by atoms with van der Waals surface area (Å²) >= 11 is 0. The molecule has 1 unspecified atom stereocenters. The summed E-state index contributed by atoms with van der Waals surface area (Å²) in [6.45, 7) is 2.86. The molecular formula is C15H24N2O2. The molecule has 0 fully saturated rings. The van der Waals surface area contributed by atoms with Crippen LogP contribution in [0.25, 0.3) is 0 Å². The van der Waals surface area contributed by atoms with Gasteiger partial charge in [-0.05, 0) is 50.0 Å². The molecule has 19 heavy (non-hydrogen) atoms. The number of nitrogens with zero attached hydrogens (tertiary/aromatic N) is 1. The number of hydrogen-bond donors (Lipinski definition) is 2. The minimum Gasteiger partial charge on any atom is -0.493 e. The van der Waals surface area contributed by atoms with Gasteiger partial charge >= 0.3 is 0 Å². The molecular weight excluding hydrogens is 240 g/mol. The second-order valence-corrected chi connectivity index (χ2v) is 5.32. The number of aliphatic hydroxyl groups excluding tert-OH is 1. The highest BCUT2D eigenvalue weighted by Gasteiger charge is 2.12. The van der Waals surface area contributed by atoms with Gasteiger partial charge in [-0.2, -0.15) is 0 Å². The molecule has 1 aromatic rings. The van der Waals surface area contributed by atoms with Gasteiger partial charge in [-0.25, -0.2) is 0 Å². The Kier molecular flexibility index (Phi) is 5.19. The molecule has 1 aliphatic heterocycles. The number of nitrogens with two attached hydrogens (primary N) is 1. The summed E-state index contributed by atoms with van der Waals surface area (Å²) in [4.78, 5) is 2.13. The molecule has 2 rings (SSSR count). The summed E-state index contributed by atoms with van der Waals surface area (Å²) in [5.41, 5.74) is 8.02. The molecule has 4 heteroatoms. The highest BCUT2D eigenvalue weighted by atomic mass is 16.5. The molecule has 106 valence electrons. The van der Waals surface area contributed by atoms with Gasteiger partial charge in [0.25, 0.3) is 0 Å². The maximum absolute atomic E-state index is 9.75. The molecule has 0 spiro atoms. The van der Waals surface area contributed by atoms with E-state index >= 15 is 0 Å². The monoisotopic (exact) mass is 264 g/mol. The van der Waals surface area contributed by atoms with E-state index < -0.39 is 0 Å². The number of aliphatic hydroxyl groups is 1. The van der Waals surface area contributed by atoms with E-state index in [-0.39, 0.29) is 6.10 Å². The Morgan fingerprint density at radius 1 is 1.47 bits per heavy atom. The molecule has 0 aliphatic carbocycles. The number of aryl methyl sites for hydroxylation is 1. The zero-order valence-electron chi connectivity index (χ0n) is 11.6. The van der Waals surface area contributed by atoms with Crippen molar-refractivity contribution in [2.75, 3.05) is 26.7 Å². The summed E-state index contributed by atoms with van der Waals surface area (Å²) in [5.74, 6) is 1.03. The minimum atomic E-state index is -0.337. The molecule has 0 amide bonds. The molecule has 0 saturated heterocycles. The SMILES string of the molecule is CN(Cc1ccc2c(c1)CCCO2)CC(O)CCN. The fraction of sp³-hybridized carbons (Fsp3) is 0.600. The van der Waals surface area contributed by atoms with Crippen LogP contribution in [0.5, 0.6) is 5.75 Å². The molecule has 1 heterocycles. The third-order valence-electron chi connectivity index (χ3n) is 3.45. The Balaban J connectivity index is 1.91. The van der Waals surface area contributed by atoms with Crippen LogP contribution in [0, 0.1) is 0 Å². The zero-order chi connectivity index (χ0) is 13.7. The third-order valence-corrected chi connectivity index (χ3v) is 3.45. The first-order valence-electron chi connectivity index (χ1n) is 7.00. The fourth-order valence-electron chi connectivity index (χ4n) is 2.53. The molecule has 1 atom stereocenters. The van der Waals surface area contributed by atoms with Crippen LogP contribution in [0.2, 0.25) is 0 Å². The summed E-state index contributed by atoms with van der Waals surface area (Å²) in [5, 5.41) is 9.75. The topological polar surface area (TPSA) is 58.7 Å². The van der Waals surface area contributed by atoms with Crippen molar-refractivity contribution in [1.29, 1.82) is 0 Å². The van der Waals surface area contributed by atoms with Crippen molar-refractivity contribution in [3.05, 3.63) is 29.3 Å². The van der Waals surface area contributed by atoms with Crippen LogP contribution >= 0.6 is 0 Å². The Labute approximate surface area is 115 Å². The lowest BCUT2D eigenvalue weighted by molar-refractivity contribution is 0.117. The molecule has 1 aliphatic rings. The first-order valence-corrected chi connectivity index (χ1v) is 7.00. The number of hydrogen-bond acceptors (Lipinski definition) is 4. The first kappa shape index (κ1) is 14.3. The van der Waals surface area contributed by atoms with Crippen molar-refractivity contribution in [2.45, 2.75) is 31.9 Å². The Hall–Kier alpha value is -1.10. The van der Waals surface area contributed by atoms with Gasteiger partial charge in [0, 0.05) is 13.1 Å². The average molecular weight is 264 g/mol. The van der Waals surface area contributed by atoms with Gasteiger partial charge in [-0.1, -0.05) is 12.1 Å². The van der Waals surface area contributed by atoms with Gasteiger partial charge in [0.05, 0.1) is 12.7 Å². The lowest BCUT2D eigenvalue weighted by atomic mass is 10.0. The van der Waals surface area contributed by atoms with Crippen molar-refractivity contribution in [1.82, 2.24) is 4.90 Å². The molecule has 0 saturated carbocycles. The summed E-state index contributed by atoms with van der Waals surface area (Å²) < 4.78 is 5.61. The smallest absolute Gasteiger partial charge is 0.122 e. The van der Waals surface area contributed by atoms with Gasteiger partial charge in [-0.3, -0.25) is 4.90 Å². The van der Waals surface area contributed by atoms with Crippen molar-refractivity contribution >= 4 is 0 Å². The van der Waals surface area contributed by atoms with Crippen LogP contribution in [0.4, 0.5) is 0 Å². The standard InChI is InChI=1S/C15H24N2O2/c1-17(11-14(18)6-7-16)10-12-4-5-15-13(9-12)3-2-8-19-15/h4-5,9,14,18H,2-3,6-8,10-11,16H2,1H3. The Morgan fingerprint density at radius 3 is 3.11 bits per heavy atom. The van der Waals surface area contributed by atoms with E-state index in [4.69, 9.17) is 10.5 Å². The molecule has 3 N–H and O–H groups in total. The first-order chi connectivity index (χ1) is 9.19. The maximum Gasteiger partial charge on any atom is 0.122 e. The van der Waals surface area contributed by atoms with Gasteiger partial charge in [0.1, 0.15) is 5.75 Å². The lowest BCUT2D eigenvalue weighted by Crippen LogP contribution is -2.30. The summed E-state index contributed by atoms with van der Waals surface area (Å²) in [6, 6.07) is 6.39. The predicted molar refractivity (Wildman–Crippen MR) is 76.3 cm³/mol. The van der Waals surface area contributed by atoms with Crippen molar-refractivity contribution in [3.8, 4) is 5.75 Å². The number of likely N-dealkylation sites (N-methyl/N-ethyl adjacent to an activating group) is 1. The molecule has 4 nitrogen and oxygen atoms in total. The van der Waals surface area contributed by atoms with E-state index in [1.54, 1.807) is 0 Å². The molecule has 0 radical (unpaired) electrons. The van der Waals surface area contributed by atoms with E-state index in [9.17, 15) is 5.11 Å². The second-order valence-electron chi connectivity index (χ2n) is 5.32. The van der Waals surface area contributed by atoms with Crippen molar-refractivity contribution in [2.24, 2.45) is 5.73 Å². The number of ether oxygens (including phenoxy) is 1. The van der Waals surface area contributed by atoms with Crippen LogP contribution in [0.1, 0.15) is 24.0 Å². The van der Waals surface area contributed by atoms with Crippen LogP contribution in [-0.4, -0.2) is 42.9 Å². The van der Waals surface area contributed by atoms with E-state index in [1.165, 1.54) is 11.1 Å². The molecule has 1 aromatic carbocycles. The van der Waals surface area contributed by atoms with Crippen molar-refractivity contribution < 1.29 is 9.84 Å². The second kappa shape index (κ2) is 6.89. The van der Waals surface area contributed by atoms with E-state index in [2.05, 4.69) is 23.1 Å². The number of rotatable bonds is 6. The largest absolute Gasteiger partial charge is 0.493 e. The van der Waals surface area contributed by atoms with E-state index in [0.29, 0.717) is 19.5 Å². The Bertz CT molecular complexity index is 409. The number of benzene rings is 1. The van der Waals surface area contributed by atoms with Crippen LogP contribution in [-0.2, 0) is 13.0 Å². The van der Waals surface area contributed by atoms with Crippen LogP contribution < -0.4 is 10.5 Å². The minimum absolute atomic E-state index is 0.337. The summed E-state index contributed by atoms with van der Waals surface area (Å²) in [7, 11) is 2.02.